The van der Waals surface area contributed by atoms with Crippen LogP contribution in [0.3, 0.4) is 0 Å². The Balaban J connectivity index is -0.000000292. The molecule has 6 N–H and O–H groups in total. The minimum Gasteiger partial charge on any atom is -0.744 e. The van der Waals surface area contributed by atoms with Gasteiger partial charge in [0.05, 0.1) is 40.6 Å². The number of carboxylic acid groups (broad SMARTS) is 2. The van der Waals surface area contributed by atoms with Gasteiger partial charge < -0.3 is 40.4 Å². The molecule has 2 aliphatic heterocycles. The first-order valence-electron chi connectivity index (χ1n) is 38.2. The van der Waals surface area contributed by atoms with Crippen molar-refractivity contribution in [3.05, 3.63) is 161 Å². The molecule has 5 aromatic rings. The molecule has 0 spiro atoms. The summed E-state index contributed by atoms with van der Waals surface area (Å²) < 4.78 is 48.2. The van der Waals surface area contributed by atoms with Crippen molar-refractivity contribution in [2.75, 3.05) is 20.2 Å². The first kappa shape index (κ1) is 116. The monoisotopic (exact) mass is 1600 g/mol. The largest absolute Gasteiger partial charge is 1.00 e. The van der Waals surface area contributed by atoms with E-state index in [4.69, 9.17) is 38.0 Å². The fourth-order valence-corrected chi connectivity index (χ4v) is 11.6. The zero-order chi connectivity index (χ0) is 80.5. The predicted molar refractivity (Wildman–Crippen MR) is 449 cm³/mol. The average Bonchev–Trinajstić information content (AvgIpc) is 1.74. The zero-order valence-electron chi connectivity index (χ0n) is 67.8. The van der Waals surface area contributed by atoms with Gasteiger partial charge in [0.15, 0.2) is 12.4 Å². The van der Waals surface area contributed by atoms with Gasteiger partial charge >= 0.3 is 65.4 Å². The van der Waals surface area contributed by atoms with Crippen LogP contribution in [0.2, 0.25) is 0 Å². The van der Waals surface area contributed by atoms with Crippen LogP contribution >= 0.6 is 11.6 Å². The normalized spacial score (nSPS) is 16.7. The zero-order valence-corrected chi connectivity index (χ0v) is 71.4. The fraction of sp³-hybridized carbons (Fsp3) is 0.607. The van der Waals surface area contributed by atoms with E-state index >= 15 is 0 Å². The molecule has 3 aromatic carbocycles. The maximum atomic E-state index is 11.5. The van der Waals surface area contributed by atoms with Crippen LogP contribution in [0.15, 0.2) is 133 Å². The number of aryl methyl sites for hydroxylation is 1. The van der Waals surface area contributed by atoms with E-state index in [2.05, 4.69) is 149 Å². The molecule has 2 aliphatic rings. The quantitative estimate of drug-likeness (QED) is 0.00577. The van der Waals surface area contributed by atoms with Crippen molar-refractivity contribution in [2.24, 2.45) is 52.9 Å². The van der Waals surface area contributed by atoms with Crippen molar-refractivity contribution in [1.29, 1.82) is 0 Å². The molecule has 22 heteroatoms. The third-order valence-corrected chi connectivity index (χ3v) is 21.1. The number of ketones is 1. The molecule has 0 saturated carbocycles. The van der Waals surface area contributed by atoms with E-state index in [0.717, 1.165) is 95.8 Å². The molecule has 2 aromatic heterocycles. The van der Waals surface area contributed by atoms with Crippen molar-refractivity contribution in [1.82, 2.24) is 4.98 Å². The summed E-state index contributed by atoms with van der Waals surface area (Å²) in [7, 11) is -2.72. The molecule has 111 heavy (non-hydrogen) atoms. The van der Waals surface area contributed by atoms with Gasteiger partial charge in [-0.15, -0.1) is 11.6 Å². The van der Waals surface area contributed by atoms with Crippen LogP contribution in [-0.2, 0) is 70.3 Å². The maximum absolute atomic E-state index is 11.5. The number of methoxy groups -OCH3 is 1. The summed E-state index contributed by atoms with van der Waals surface area (Å²) in [6.07, 6.45) is 22.8. The van der Waals surface area contributed by atoms with Crippen molar-refractivity contribution in [2.45, 2.75) is 296 Å². The van der Waals surface area contributed by atoms with E-state index < -0.39 is 34.0 Å². The van der Waals surface area contributed by atoms with Crippen molar-refractivity contribution < 1.29 is 105 Å². The number of aliphatic carboxylic acids is 2. The number of carbonyl (C=O) groups excluding carboxylic acids is 5. The first-order valence-corrected chi connectivity index (χ1v) is 40.2. The number of ether oxygens (including phenoxy) is 3. The van der Waals surface area contributed by atoms with Crippen LogP contribution in [0.25, 0.3) is 0 Å². The molecule has 19 nitrogen and oxygen atoms in total. The Morgan fingerprint density at radius 3 is 1.42 bits per heavy atom. The number of pyridine rings is 2. The van der Waals surface area contributed by atoms with E-state index in [0.29, 0.717) is 54.1 Å². The number of carbonyl (C=O) groups is 7. The first-order chi connectivity index (χ1) is 50.2. The SMILES string of the molecule is C.C.C.C.CC(CC1C(=O)OC(=O)C1C)c1ccccc1.CCC(C)C(=O)O.CCC(C)CN.CCC(C)c1ccc(CCl)cc1.CCC(C)c1ccc(S(=O)(=O)[O-])cc1.CCC(CC(C)c1ccncc1)c1cc[n+](CCCCCC(=O)O)cc1.CCC(CCCCN)C(C)=O.COC(C)CC1C(=O)OC(=O)C1C.[Na+]. The molecular formula is C89H147ClN4NaO15S+. The summed E-state index contributed by atoms with van der Waals surface area (Å²) in [5, 5.41) is 16.8. The molecule has 2 saturated heterocycles. The Bertz CT molecular complexity index is 3350. The van der Waals surface area contributed by atoms with Crippen LogP contribution in [0.1, 0.15) is 306 Å². The van der Waals surface area contributed by atoms with Gasteiger partial charge in [0.1, 0.15) is 22.4 Å². The van der Waals surface area contributed by atoms with Gasteiger partial charge in [-0.2, -0.15) is 0 Å². The minimum atomic E-state index is -4.30. The van der Waals surface area contributed by atoms with Gasteiger partial charge in [0.2, 0.25) is 0 Å². The smallest absolute Gasteiger partial charge is 0.744 e. The van der Waals surface area contributed by atoms with Gasteiger partial charge in [-0.25, -0.2) is 13.0 Å². The van der Waals surface area contributed by atoms with Crippen molar-refractivity contribution in [3.63, 3.8) is 0 Å². The summed E-state index contributed by atoms with van der Waals surface area (Å²) in [6, 6.07) is 33.4. The molecule has 13 atom stereocenters. The maximum Gasteiger partial charge on any atom is 1.00 e. The second kappa shape index (κ2) is 66.2. The number of rotatable bonds is 33. The summed E-state index contributed by atoms with van der Waals surface area (Å²) in [4.78, 5) is 80.3. The molecule has 4 heterocycles. The second-order valence-electron chi connectivity index (χ2n) is 28.1. The number of benzene rings is 3. The molecule has 2 fully saturated rings. The number of Topliss-reactive ketones (excluding diaryl/α,β-unsaturated/α-hetero) is 1. The summed E-state index contributed by atoms with van der Waals surface area (Å²) in [6.45, 7) is 34.6. The van der Waals surface area contributed by atoms with Crippen LogP contribution in [0, 0.1) is 41.4 Å². The topological polar surface area (TPSA) is 314 Å². The Morgan fingerprint density at radius 1 is 0.586 bits per heavy atom. The Labute approximate surface area is 699 Å². The van der Waals surface area contributed by atoms with E-state index in [1.165, 1.54) is 52.8 Å². The minimum absolute atomic E-state index is 0. The number of hydrogen-bond acceptors (Lipinski definition) is 16. The van der Waals surface area contributed by atoms with E-state index in [9.17, 15) is 46.5 Å². The van der Waals surface area contributed by atoms with Crippen LogP contribution in [0.4, 0.5) is 0 Å². The number of carboxylic acids is 2. The van der Waals surface area contributed by atoms with Gasteiger partial charge in [-0.05, 0) is 197 Å². The van der Waals surface area contributed by atoms with Crippen LogP contribution in [-0.4, -0.2) is 96.1 Å². The van der Waals surface area contributed by atoms with Crippen molar-refractivity contribution >= 4 is 63.3 Å². The number of esters is 4. The number of nitrogens with zero attached hydrogens (tertiary/aromatic N) is 2. The number of cyclic esters (lactones) is 4. The summed E-state index contributed by atoms with van der Waals surface area (Å²) in [5.41, 5.74) is 18.2. The molecule has 13 unspecified atom stereocenters. The van der Waals surface area contributed by atoms with Gasteiger partial charge in [0.25, 0.3) is 0 Å². The number of aromatic nitrogens is 2. The van der Waals surface area contributed by atoms with Gasteiger partial charge in [-0.3, -0.25) is 38.5 Å². The third-order valence-electron chi connectivity index (χ3n) is 19.9. The van der Waals surface area contributed by atoms with Gasteiger partial charge in [0, 0.05) is 56.3 Å². The molecule has 0 aliphatic carbocycles. The molecule has 0 amide bonds. The predicted octanol–water partition coefficient (Wildman–Crippen LogP) is 17.4. The Morgan fingerprint density at radius 2 is 1.06 bits per heavy atom. The molecule has 626 valence electrons. The molecule has 0 radical (unpaired) electrons. The molecular weight excluding hydrogens is 1460 g/mol. The van der Waals surface area contributed by atoms with E-state index in [1.54, 1.807) is 46.9 Å². The van der Waals surface area contributed by atoms with E-state index in [1.807, 2.05) is 56.6 Å². The Kier molecular flexibility index (Phi) is 69.1. The molecule has 7 rings (SSSR count). The summed E-state index contributed by atoms with van der Waals surface area (Å²) >= 11 is 5.69. The van der Waals surface area contributed by atoms with E-state index in [-0.39, 0.29) is 130 Å². The van der Waals surface area contributed by atoms with Crippen LogP contribution in [0.5, 0.6) is 0 Å². The standard InChI is InChI=1S/C22H30N2O2.C14H16O3.C11H15Cl.C10H14O3S.C9H19NO.C9H14O4.C5H13N.C5H10O2.4CH4.Na/c1-3-19(17-18(2)20-8-12-23-13-9-20)21-10-15-24(16-11-21)14-6-4-5-7-22(25)26;1-9(11-6-4-3-5-7-11)8-12-10(2)13(15)17-14(12)16;1-3-9(2)11-6-4-10(8-12)5-7-11;1-3-8(2)9-4-6-10(7-5-9)14(11,12)13;1-3-9(8(2)11)6-4-5-7-10;1-5(12-3)4-7-6(2)8(10)13-9(7)11;1-3-5(2)4-6;1-3-4(2)5(6)7;;;;;/h8-13,15-16,18-19H,3-7,14,17H2,1-2H3;3-7,9-10,12H,8H2,1-2H3;4-7,9H,3,8H2,1-2H3;4-8H,3H2,1-2H3,(H,11,12,13);9H,3-7,10H2,1-2H3;5-7H,4H2,1-3H3;5H,3-4,6H2,1-2H3;4H,3H2,1-2H3,(H,6,7);4*1H4;/q;;;;;;;;;;;;+1. The number of alkyl halides is 1. The number of nitrogens with two attached hydrogens (primary N) is 2. The van der Waals surface area contributed by atoms with Crippen LogP contribution < -0.4 is 45.6 Å². The number of hydrogen-bond donors (Lipinski definition) is 4. The third kappa shape index (κ3) is 48.7. The molecule has 0 bridgehead atoms. The van der Waals surface area contributed by atoms with Gasteiger partial charge in [-0.1, -0.05) is 206 Å². The average molecular weight is 1600 g/mol. The second-order valence-corrected chi connectivity index (χ2v) is 29.8. The fourth-order valence-electron chi connectivity index (χ4n) is 11.0. The van der Waals surface area contributed by atoms with Crippen molar-refractivity contribution in [3.8, 4) is 0 Å². The summed E-state index contributed by atoms with van der Waals surface area (Å²) in [5.74, 6) is -0.139. The Hall–Kier alpha value is -6.07. The number of halogens is 1. The number of unbranched alkanes of at least 4 members (excludes halogenated alkanes) is 3.